The minimum absolute atomic E-state index is 0.0623. The van der Waals surface area contributed by atoms with Crippen LogP contribution in [0.2, 0.25) is 0 Å². The second-order valence-corrected chi connectivity index (χ2v) is 8.55. The Kier molecular flexibility index (Phi) is 5.39. The number of carbonyl (C=O) groups excluding carboxylic acids is 2. The summed E-state index contributed by atoms with van der Waals surface area (Å²) in [4.78, 5) is 42.6. The van der Waals surface area contributed by atoms with Crippen LogP contribution in [0.4, 0.5) is 5.69 Å². The lowest BCUT2D eigenvalue weighted by Gasteiger charge is -2.36. The van der Waals surface area contributed by atoms with Gasteiger partial charge in [-0.05, 0) is 30.9 Å². The first kappa shape index (κ1) is 21.8. The van der Waals surface area contributed by atoms with E-state index in [1.54, 1.807) is 6.92 Å². The number of nitrogens with zero attached hydrogens (tertiary/aromatic N) is 2. The number of benzene rings is 2. The van der Waals surface area contributed by atoms with Crippen molar-refractivity contribution in [3.63, 3.8) is 0 Å². The Hall–Kier alpha value is -4.01. The molecule has 0 radical (unpaired) electrons. The van der Waals surface area contributed by atoms with E-state index in [0.29, 0.717) is 29.2 Å². The average Bonchev–Trinajstić information content (AvgIpc) is 3.30. The van der Waals surface area contributed by atoms with Gasteiger partial charge < -0.3 is 14.2 Å². The van der Waals surface area contributed by atoms with Crippen molar-refractivity contribution in [1.29, 1.82) is 0 Å². The summed E-state index contributed by atoms with van der Waals surface area (Å²) in [7, 11) is 1.25. The summed E-state index contributed by atoms with van der Waals surface area (Å²) in [5.41, 5.74) is 2.32. The molecule has 2 aromatic carbocycles. The van der Waals surface area contributed by atoms with E-state index in [9.17, 15) is 19.7 Å². The highest BCUT2D eigenvalue weighted by Gasteiger charge is 2.47. The van der Waals surface area contributed by atoms with Gasteiger partial charge in [-0.1, -0.05) is 30.3 Å². The van der Waals surface area contributed by atoms with E-state index >= 15 is 0 Å². The Morgan fingerprint density at radius 2 is 1.85 bits per heavy atom. The smallest absolute Gasteiger partial charge is 0.315 e. The van der Waals surface area contributed by atoms with Crippen molar-refractivity contribution in [2.75, 3.05) is 13.9 Å². The number of hydrogen-bond acceptors (Lipinski definition) is 8. The van der Waals surface area contributed by atoms with E-state index in [1.807, 2.05) is 30.3 Å². The minimum atomic E-state index is -0.972. The summed E-state index contributed by atoms with van der Waals surface area (Å²) >= 11 is 0. The predicted molar refractivity (Wildman–Crippen MR) is 121 cm³/mol. The van der Waals surface area contributed by atoms with Crippen LogP contribution < -0.4 is 9.47 Å². The Balaban J connectivity index is 1.69. The van der Waals surface area contributed by atoms with Crippen LogP contribution in [0.15, 0.2) is 58.7 Å². The topological polar surface area (TPSA) is 117 Å². The standard InChI is InChI=1S/C25H22N2O7/c1-13-22(25(29)32-2)23(16-10-20-21(34-12-33-20)11-18(16)27(30)31)24-17(26-13)8-15(9-19(24)28)14-6-4-3-5-7-14/h3-7,10-11,15,22-23H,8-9,12H2,1-2H3/t15-,22?,23-/m0/s1. The van der Waals surface area contributed by atoms with Crippen molar-refractivity contribution in [3.05, 3.63) is 75.0 Å². The molecule has 0 bridgehead atoms. The molecule has 2 heterocycles. The second-order valence-electron chi connectivity index (χ2n) is 8.55. The molecule has 5 rings (SSSR count). The summed E-state index contributed by atoms with van der Waals surface area (Å²) in [6.45, 7) is 1.63. The first-order valence-corrected chi connectivity index (χ1v) is 10.9. The number of Topliss-reactive ketones (excluding diaryl/α,β-unsaturated/α-hetero) is 1. The Morgan fingerprint density at radius 1 is 1.15 bits per heavy atom. The maximum atomic E-state index is 13.6. The monoisotopic (exact) mass is 462 g/mol. The molecule has 2 aromatic rings. The molecule has 9 nitrogen and oxygen atoms in total. The van der Waals surface area contributed by atoms with Crippen molar-refractivity contribution >= 4 is 23.2 Å². The SMILES string of the molecule is COC(=O)C1C(C)=NC2=C(C(=O)C[C@@H](c3ccccc3)C2)[C@H]1c1cc2c(cc1[N+](=O)[O-])OCO2. The van der Waals surface area contributed by atoms with Gasteiger partial charge in [0, 0.05) is 34.9 Å². The highest BCUT2D eigenvalue weighted by Crippen LogP contribution is 2.51. The van der Waals surface area contributed by atoms with Crippen LogP contribution in [0, 0.1) is 16.0 Å². The number of rotatable bonds is 4. The zero-order valence-corrected chi connectivity index (χ0v) is 18.6. The molecule has 0 saturated heterocycles. The number of allylic oxidation sites excluding steroid dienone is 2. The highest BCUT2D eigenvalue weighted by atomic mass is 16.7. The summed E-state index contributed by atoms with van der Waals surface area (Å²) in [6.07, 6.45) is 0.714. The molecule has 0 saturated carbocycles. The molecule has 3 atom stereocenters. The van der Waals surface area contributed by atoms with Crippen LogP contribution in [0.5, 0.6) is 11.5 Å². The fourth-order valence-electron chi connectivity index (χ4n) is 5.14. The van der Waals surface area contributed by atoms with Gasteiger partial charge in [-0.15, -0.1) is 0 Å². The van der Waals surface area contributed by atoms with Crippen LogP contribution in [-0.2, 0) is 14.3 Å². The molecular formula is C25H22N2O7. The van der Waals surface area contributed by atoms with E-state index in [2.05, 4.69) is 4.99 Å². The van der Waals surface area contributed by atoms with E-state index in [1.165, 1.54) is 19.2 Å². The van der Waals surface area contributed by atoms with Crippen molar-refractivity contribution in [1.82, 2.24) is 0 Å². The maximum absolute atomic E-state index is 13.6. The number of fused-ring (bicyclic) bond motifs is 1. The molecular weight excluding hydrogens is 440 g/mol. The molecule has 34 heavy (non-hydrogen) atoms. The van der Waals surface area contributed by atoms with Crippen molar-refractivity contribution in [2.45, 2.75) is 31.6 Å². The van der Waals surface area contributed by atoms with Gasteiger partial charge in [0.25, 0.3) is 5.69 Å². The fourth-order valence-corrected chi connectivity index (χ4v) is 5.14. The third kappa shape index (κ3) is 3.53. The molecule has 0 fully saturated rings. The van der Waals surface area contributed by atoms with Crippen molar-refractivity contribution in [2.24, 2.45) is 10.9 Å². The fraction of sp³-hybridized carbons (Fsp3) is 0.320. The van der Waals surface area contributed by atoms with Crippen LogP contribution in [0.3, 0.4) is 0 Å². The first-order valence-electron chi connectivity index (χ1n) is 10.9. The summed E-state index contributed by atoms with van der Waals surface area (Å²) in [5, 5.41) is 12.0. The molecule has 9 heteroatoms. The molecule has 0 spiro atoms. The number of aliphatic imine (C=N–C) groups is 1. The zero-order valence-electron chi connectivity index (χ0n) is 18.6. The van der Waals surface area contributed by atoms with E-state index in [4.69, 9.17) is 14.2 Å². The summed E-state index contributed by atoms with van der Waals surface area (Å²) in [5.74, 6) is -2.17. The quantitative estimate of drug-likeness (QED) is 0.382. The van der Waals surface area contributed by atoms with E-state index in [-0.39, 0.29) is 41.9 Å². The molecule has 0 amide bonds. The Bertz CT molecular complexity index is 1270. The third-order valence-electron chi connectivity index (χ3n) is 6.67. The Morgan fingerprint density at radius 3 is 2.53 bits per heavy atom. The molecule has 0 N–H and O–H groups in total. The number of nitro groups is 1. The van der Waals surface area contributed by atoms with Gasteiger partial charge >= 0.3 is 5.97 Å². The van der Waals surface area contributed by atoms with Crippen LogP contribution in [0.1, 0.15) is 42.7 Å². The molecule has 1 aliphatic carbocycles. The lowest BCUT2D eigenvalue weighted by atomic mass is 9.69. The number of hydrogen-bond donors (Lipinski definition) is 0. The highest BCUT2D eigenvalue weighted by molar-refractivity contribution is 6.09. The zero-order chi connectivity index (χ0) is 24.0. The molecule has 1 unspecified atom stereocenters. The number of esters is 1. The van der Waals surface area contributed by atoms with Crippen molar-refractivity contribution in [3.8, 4) is 11.5 Å². The second kappa shape index (κ2) is 8.40. The molecule has 3 aliphatic rings. The van der Waals surface area contributed by atoms with Gasteiger partial charge in [-0.25, -0.2) is 0 Å². The number of ether oxygens (including phenoxy) is 3. The van der Waals surface area contributed by atoms with Gasteiger partial charge in [-0.3, -0.25) is 24.7 Å². The number of carbonyl (C=O) groups is 2. The number of ketones is 1. The lowest BCUT2D eigenvalue weighted by Crippen LogP contribution is -2.38. The average molecular weight is 462 g/mol. The van der Waals surface area contributed by atoms with Gasteiger partial charge in [0.05, 0.1) is 18.1 Å². The largest absolute Gasteiger partial charge is 0.468 e. The lowest BCUT2D eigenvalue weighted by molar-refractivity contribution is -0.385. The Labute approximate surface area is 195 Å². The van der Waals surface area contributed by atoms with Gasteiger partial charge in [0.15, 0.2) is 17.3 Å². The summed E-state index contributed by atoms with van der Waals surface area (Å²) < 4.78 is 15.8. The van der Waals surface area contributed by atoms with E-state index in [0.717, 1.165) is 5.56 Å². The summed E-state index contributed by atoms with van der Waals surface area (Å²) in [6, 6.07) is 12.5. The first-order chi connectivity index (χ1) is 16.4. The van der Waals surface area contributed by atoms with Gasteiger partial charge in [-0.2, -0.15) is 0 Å². The van der Waals surface area contributed by atoms with Crippen molar-refractivity contribution < 1.29 is 28.7 Å². The van der Waals surface area contributed by atoms with E-state index < -0.39 is 22.7 Å². The molecule has 2 aliphatic heterocycles. The maximum Gasteiger partial charge on any atom is 0.315 e. The van der Waals surface area contributed by atoms with Crippen LogP contribution >= 0.6 is 0 Å². The number of nitro benzene ring substituents is 1. The third-order valence-corrected chi connectivity index (χ3v) is 6.67. The van der Waals surface area contributed by atoms with Gasteiger partial charge in [0.2, 0.25) is 6.79 Å². The predicted octanol–water partition coefficient (Wildman–Crippen LogP) is 4.07. The molecule has 174 valence electrons. The number of methoxy groups -OCH3 is 1. The normalized spacial score (nSPS) is 23.3. The van der Waals surface area contributed by atoms with Crippen LogP contribution in [0.25, 0.3) is 0 Å². The van der Waals surface area contributed by atoms with Crippen LogP contribution in [-0.4, -0.2) is 36.3 Å². The van der Waals surface area contributed by atoms with Gasteiger partial charge in [0.1, 0.15) is 5.92 Å². The molecule has 0 aromatic heterocycles. The minimum Gasteiger partial charge on any atom is -0.468 e.